The number of hydrogen-bond acceptors (Lipinski definition) is 4. The Labute approximate surface area is 329 Å². The molecule has 2 aromatic heterocycles. The van der Waals surface area contributed by atoms with Crippen LogP contribution in [0.15, 0.2) is 205 Å². The summed E-state index contributed by atoms with van der Waals surface area (Å²) in [6.45, 7) is 0. The first kappa shape index (κ1) is 32.7. The van der Waals surface area contributed by atoms with Gasteiger partial charge in [-0.05, 0) is 92.0 Å². The molecule has 0 fully saturated rings. The van der Waals surface area contributed by atoms with Crippen molar-refractivity contribution in [1.29, 1.82) is 0 Å². The molecular formula is C53H33N3O. The van der Waals surface area contributed by atoms with Crippen LogP contribution in [0.5, 0.6) is 0 Å². The zero-order chi connectivity index (χ0) is 37.7. The van der Waals surface area contributed by atoms with Crippen LogP contribution in [0.25, 0.3) is 111 Å². The van der Waals surface area contributed by atoms with Gasteiger partial charge in [0.1, 0.15) is 11.2 Å². The van der Waals surface area contributed by atoms with Gasteiger partial charge in [0.05, 0.1) is 0 Å². The normalized spacial score (nSPS) is 11.5. The van der Waals surface area contributed by atoms with Crippen LogP contribution in [0, 0.1) is 0 Å². The van der Waals surface area contributed by atoms with Crippen molar-refractivity contribution in [2.45, 2.75) is 0 Å². The fourth-order valence-electron chi connectivity index (χ4n) is 8.05. The summed E-state index contributed by atoms with van der Waals surface area (Å²) in [4.78, 5) is 15.8. The lowest BCUT2D eigenvalue weighted by molar-refractivity contribution is 0.673. The van der Waals surface area contributed by atoms with Gasteiger partial charge in [-0.15, -0.1) is 0 Å². The van der Waals surface area contributed by atoms with Crippen LogP contribution >= 0.6 is 0 Å². The van der Waals surface area contributed by atoms with E-state index in [1.807, 2.05) is 18.2 Å². The summed E-state index contributed by atoms with van der Waals surface area (Å²) < 4.78 is 6.83. The summed E-state index contributed by atoms with van der Waals surface area (Å²) in [5, 5.41) is 6.65. The minimum absolute atomic E-state index is 0.568. The van der Waals surface area contributed by atoms with E-state index in [1.54, 1.807) is 0 Å². The fourth-order valence-corrected chi connectivity index (χ4v) is 8.05. The van der Waals surface area contributed by atoms with Crippen LogP contribution in [-0.2, 0) is 0 Å². The summed E-state index contributed by atoms with van der Waals surface area (Å²) in [7, 11) is 0. The van der Waals surface area contributed by atoms with E-state index in [2.05, 4.69) is 182 Å². The van der Waals surface area contributed by atoms with Crippen molar-refractivity contribution in [1.82, 2.24) is 15.0 Å². The Morgan fingerprint density at radius 3 is 1.47 bits per heavy atom. The van der Waals surface area contributed by atoms with Crippen molar-refractivity contribution in [2.75, 3.05) is 0 Å². The number of nitrogens with zero attached hydrogens (tertiary/aromatic N) is 3. The maximum atomic E-state index is 6.83. The number of aromatic nitrogens is 3. The third-order valence-corrected chi connectivity index (χ3v) is 10.9. The van der Waals surface area contributed by atoms with Crippen LogP contribution in [0.1, 0.15) is 0 Å². The zero-order valence-corrected chi connectivity index (χ0v) is 30.8. The van der Waals surface area contributed by atoms with E-state index in [9.17, 15) is 0 Å². The molecule has 0 aliphatic carbocycles. The first-order chi connectivity index (χ1) is 28.2. The van der Waals surface area contributed by atoms with Gasteiger partial charge < -0.3 is 4.42 Å². The highest BCUT2D eigenvalue weighted by molar-refractivity contribution is 6.19. The Balaban J connectivity index is 1.18. The lowest BCUT2D eigenvalue weighted by Crippen LogP contribution is -2.01. The standard InChI is InChI=1S/C53H33N3O/c1-4-14-34(15-5-1)41-29-42(35-16-6-2-7-17-35)31-43(30-41)52-54-51(40-25-24-36-18-10-11-22-39(36)28-40)55-53(56-52)44-32-47(37-19-8-3-9-20-37)49-46-27-26-38-21-12-13-23-45(38)50(46)57-48(49)33-44/h1-33H. The second kappa shape index (κ2) is 13.6. The van der Waals surface area contributed by atoms with Gasteiger partial charge in [-0.1, -0.05) is 158 Å². The van der Waals surface area contributed by atoms with Gasteiger partial charge in [0.2, 0.25) is 0 Å². The number of rotatable bonds is 6. The Hall–Kier alpha value is -7.69. The summed E-state index contributed by atoms with van der Waals surface area (Å²) >= 11 is 0. The molecule has 0 saturated carbocycles. The van der Waals surface area contributed by atoms with Gasteiger partial charge in [0.15, 0.2) is 17.5 Å². The molecule has 0 bridgehead atoms. The lowest BCUT2D eigenvalue weighted by Gasteiger charge is -2.13. The van der Waals surface area contributed by atoms with Crippen LogP contribution in [-0.4, -0.2) is 15.0 Å². The van der Waals surface area contributed by atoms with E-state index in [-0.39, 0.29) is 0 Å². The highest BCUT2D eigenvalue weighted by Gasteiger charge is 2.20. The van der Waals surface area contributed by atoms with Gasteiger partial charge in [-0.25, -0.2) is 15.0 Å². The number of hydrogen-bond donors (Lipinski definition) is 0. The predicted octanol–water partition coefficient (Wildman–Crippen LogP) is 14.1. The molecule has 0 unspecified atom stereocenters. The average Bonchev–Trinajstić information content (AvgIpc) is 3.68. The molecule has 0 aliphatic heterocycles. The summed E-state index contributed by atoms with van der Waals surface area (Å²) in [6, 6.07) is 69.9. The van der Waals surface area contributed by atoms with Crippen molar-refractivity contribution < 1.29 is 4.42 Å². The number of benzene rings is 9. The van der Waals surface area contributed by atoms with Crippen molar-refractivity contribution in [3.63, 3.8) is 0 Å². The molecule has 0 N–H and O–H groups in total. The van der Waals surface area contributed by atoms with E-state index in [0.717, 1.165) is 93.6 Å². The molecule has 0 saturated heterocycles. The maximum Gasteiger partial charge on any atom is 0.164 e. The lowest BCUT2D eigenvalue weighted by atomic mass is 9.95. The van der Waals surface area contributed by atoms with Gasteiger partial charge in [0, 0.05) is 32.8 Å². The van der Waals surface area contributed by atoms with Crippen molar-refractivity contribution in [3.8, 4) is 67.5 Å². The molecule has 9 aromatic carbocycles. The van der Waals surface area contributed by atoms with E-state index >= 15 is 0 Å². The van der Waals surface area contributed by atoms with Crippen molar-refractivity contribution in [3.05, 3.63) is 200 Å². The topological polar surface area (TPSA) is 51.8 Å². The molecule has 4 heteroatoms. The molecule has 4 nitrogen and oxygen atoms in total. The smallest absolute Gasteiger partial charge is 0.164 e. The zero-order valence-electron chi connectivity index (χ0n) is 30.8. The summed E-state index contributed by atoms with van der Waals surface area (Å²) in [5.74, 6) is 1.76. The third-order valence-electron chi connectivity index (χ3n) is 10.9. The minimum Gasteiger partial charge on any atom is -0.455 e. The van der Waals surface area contributed by atoms with Crippen LogP contribution in [0.3, 0.4) is 0 Å². The number of fused-ring (bicyclic) bond motifs is 6. The maximum absolute atomic E-state index is 6.83. The second-order valence-corrected chi connectivity index (χ2v) is 14.4. The molecule has 0 atom stereocenters. The van der Waals surface area contributed by atoms with E-state index in [4.69, 9.17) is 19.4 Å². The Morgan fingerprint density at radius 1 is 0.298 bits per heavy atom. The Kier molecular flexibility index (Phi) is 7.78. The molecule has 0 radical (unpaired) electrons. The number of furan rings is 1. The molecule has 2 heterocycles. The monoisotopic (exact) mass is 727 g/mol. The molecule has 0 amide bonds. The van der Waals surface area contributed by atoms with E-state index < -0.39 is 0 Å². The largest absolute Gasteiger partial charge is 0.455 e. The van der Waals surface area contributed by atoms with Gasteiger partial charge in [-0.2, -0.15) is 0 Å². The summed E-state index contributed by atoms with van der Waals surface area (Å²) in [6.07, 6.45) is 0. The molecule has 0 aliphatic rings. The molecule has 0 spiro atoms. The molecule has 11 aromatic rings. The summed E-state index contributed by atoms with van der Waals surface area (Å²) in [5.41, 5.74) is 10.9. The Bertz CT molecular complexity index is 3220. The van der Waals surface area contributed by atoms with E-state index in [0.29, 0.717) is 17.5 Å². The highest BCUT2D eigenvalue weighted by Crippen LogP contribution is 2.42. The van der Waals surface area contributed by atoms with Crippen LogP contribution in [0.4, 0.5) is 0 Å². The second-order valence-electron chi connectivity index (χ2n) is 14.4. The third kappa shape index (κ3) is 5.92. The van der Waals surface area contributed by atoms with Crippen molar-refractivity contribution in [2.24, 2.45) is 0 Å². The van der Waals surface area contributed by atoms with Gasteiger partial charge in [0.25, 0.3) is 0 Å². The fraction of sp³-hybridized carbons (Fsp3) is 0. The quantitative estimate of drug-likeness (QED) is 0.171. The molecule has 266 valence electrons. The highest BCUT2D eigenvalue weighted by atomic mass is 16.3. The van der Waals surface area contributed by atoms with Crippen LogP contribution < -0.4 is 0 Å². The molecule has 57 heavy (non-hydrogen) atoms. The van der Waals surface area contributed by atoms with Gasteiger partial charge >= 0.3 is 0 Å². The van der Waals surface area contributed by atoms with Gasteiger partial charge in [-0.3, -0.25) is 0 Å². The minimum atomic E-state index is 0.568. The van der Waals surface area contributed by atoms with Crippen molar-refractivity contribution >= 4 is 43.5 Å². The SMILES string of the molecule is c1ccc(-c2cc(-c3ccccc3)cc(-c3nc(-c4ccc5ccccc5c4)nc(-c4cc(-c5ccccc5)c5c(c4)oc4c6ccccc6ccc45)n3)c2)cc1. The van der Waals surface area contributed by atoms with E-state index in [1.165, 1.54) is 0 Å². The van der Waals surface area contributed by atoms with Crippen LogP contribution in [0.2, 0.25) is 0 Å². The first-order valence-corrected chi connectivity index (χ1v) is 19.2. The predicted molar refractivity (Wildman–Crippen MR) is 235 cm³/mol. The first-order valence-electron chi connectivity index (χ1n) is 19.2. The molecular weight excluding hydrogens is 695 g/mol. The average molecular weight is 728 g/mol. The Morgan fingerprint density at radius 2 is 0.807 bits per heavy atom. The molecule has 11 rings (SSSR count).